The van der Waals surface area contributed by atoms with Gasteiger partial charge in [-0.15, -0.1) is 0 Å². The second-order valence-electron chi connectivity index (χ2n) is 21.8. The molecule has 0 aliphatic carbocycles. The molecule has 4 heterocycles. The Morgan fingerprint density at radius 1 is 0.463 bits per heavy atom. The average molecular weight is 1090 g/mol. The van der Waals surface area contributed by atoms with Crippen molar-refractivity contribution in [3.63, 3.8) is 0 Å². The minimum absolute atomic E-state index is 0.0360. The van der Waals surface area contributed by atoms with Gasteiger partial charge in [0.25, 0.3) is 0 Å². The van der Waals surface area contributed by atoms with E-state index in [1.54, 1.807) is 47.5 Å². The number of rotatable bonds is 21. The van der Waals surface area contributed by atoms with E-state index in [9.17, 15) is 38.4 Å². The second kappa shape index (κ2) is 28.1. The summed E-state index contributed by atoms with van der Waals surface area (Å²) in [7, 11) is 3.31. The number of nitrogens with zero attached hydrogens (tertiary/aromatic N) is 4. The van der Waals surface area contributed by atoms with Crippen LogP contribution in [0.15, 0.2) is 121 Å². The van der Waals surface area contributed by atoms with Gasteiger partial charge in [0.2, 0.25) is 47.3 Å². The van der Waals surface area contributed by atoms with Crippen molar-refractivity contribution in [1.29, 1.82) is 0 Å². The lowest BCUT2D eigenvalue weighted by atomic mass is 9.98. The van der Waals surface area contributed by atoms with Crippen molar-refractivity contribution < 1.29 is 38.4 Å². The maximum absolute atomic E-state index is 14.7. The summed E-state index contributed by atoms with van der Waals surface area (Å²) in [5, 5.41) is 18.1. The fourth-order valence-corrected chi connectivity index (χ4v) is 11.8. The Morgan fingerprint density at radius 3 is 1.10 bits per heavy atom. The van der Waals surface area contributed by atoms with E-state index in [1.807, 2.05) is 121 Å². The average Bonchev–Trinajstić information content (AvgIpc) is 4.21. The molecule has 18 nitrogen and oxygen atoms in total. The number of likely N-dealkylation sites (N-methyl/N-ethyl adjacent to an activating group) is 2. The lowest BCUT2D eigenvalue weighted by Gasteiger charge is -2.39. The highest BCUT2D eigenvalue weighted by Gasteiger charge is 2.48. The highest BCUT2D eigenvalue weighted by molar-refractivity contribution is 5.96. The second-order valence-corrected chi connectivity index (χ2v) is 21.8. The van der Waals surface area contributed by atoms with E-state index in [2.05, 4.69) is 31.9 Å². The van der Waals surface area contributed by atoms with Gasteiger partial charge in [0.15, 0.2) is 0 Å². The maximum Gasteiger partial charge on any atom is 0.247 e. The normalized spacial score (nSPS) is 22.0. The summed E-state index contributed by atoms with van der Waals surface area (Å²) < 4.78 is 0. The lowest BCUT2D eigenvalue weighted by Crippen LogP contribution is -2.62. The van der Waals surface area contributed by atoms with Gasteiger partial charge in [-0.1, -0.05) is 134 Å². The predicted octanol–water partition coefficient (Wildman–Crippen LogP) is 4.51. The van der Waals surface area contributed by atoms with Gasteiger partial charge in [0.1, 0.15) is 24.2 Å². The topological polar surface area (TPSA) is 222 Å². The Morgan fingerprint density at radius 2 is 0.787 bits per heavy atom. The van der Waals surface area contributed by atoms with E-state index in [-0.39, 0.29) is 61.6 Å². The van der Waals surface area contributed by atoms with Crippen molar-refractivity contribution >= 4 is 47.3 Å². The van der Waals surface area contributed by atoms with Crippen molar-refractivity contribution in [3.8, 4) is 0 Å². The molecule has 18 heteroatoms. The molecule has 4 aliphatic heterocycles. The molecule has 6 N–H and O–H groups in total. The zero-order valence-corrected chi connectivity index (χ0v) is 46.7. The van der Waals surface area contributed by atoms with Crippen LogP contribution in [0.3, 0.4) is 0 Å². The van der Waals surface area contributed by atoms with Crippen molar-refractivity contribution in [2.24, 2.45) is 0 Å². The monoisotopic (exact) mass is 1090 g/mol. The van der Waals surface area contributed by atoms with Gasteiger partial charge in [0.05, 0.1) is 24.2 Å². The summed E-state index contributed by atoms with van der Waals surface area (Å²) in [6, 6.07) is 32.4. The first kappa shape index (κ1) is 58.7. The first-order valence-corrected chi connectivity index (χ1v) is 28.7. The van der Waals surface area contributed by atoms with E-state index < -0.39 is 72.0 Å². The Balaban J connectivity index is 0.856. The number of nitrogens with one attached hydrogen (secondary N) is 6. The van der Waals surface area contributed by atoms with Gasteiger partial charge < -0.3 is 51.5 Å². The van der Waals surface area contributed by atoms with E-state index >= 15 is 0 Å². The van der Waals surface area contributed by atoms with Gasteiger partial charge in [-0.25, -0.2) is 0 Å². The molecular formula is C62H80N10O8. The van der Waals surface area contributed by atoms with Crippen molar-refractivity contribution in [2.45, 2.75) is 151 Å². The summed E-state index contributed by atoms with van der Waals surface area (Å²) in [4.78, 5) is 119. The molecule has 0 radical (unpaired) electrons. The van der Waals surface area contributed by atoms with Gasteiger partial charge in [-0.3, -0.25) is 38.4 Å². The number of unbranched alkanes of at least 4 members (excludes halogenated alkanes) is 3. The number of carbonyl (C=O) groups is 8. The molecule has 8 amide bonds. The van der Waals surface area contributed by atoms with Crippen LogP contribution in [0.25, 0.3) is 0 Å². The van der Waals surface area contributed by atoms with Crippen LogP contribution in [0.2, 0.25) is 0 Å². The largest absolute Gasteiger partial charge is 0.343 e. The highest BCUT2D eigenvalue weighted by atomic mass is 16.2. The molecule has 426 valence electrons. The molecule has 1 unspecified atom stereocenters. The third-order valence-corrected chi connectivity index (χ3v) is 16.6. The lowest BCUT2D eigenvalue weighted by molar-refractivity contribution is -0.147. The van der Waals surface area contributed by atoms with E-state index in [0.29, 0.717) is 77.3 Å². The first-order valence-electron chi connectivity index (χ1n) is 28.7. The Kier molecular flexibility index (Phi) is 20.6. The molecule has 4 fully saturated rings. The van der Waals surface area contributed by atoms with Crippen LogP contribution in [0.5, 0.6) is 0 Å². The van der Waals surface area contributed by atoms with Crippen LogP contribution in [0.4, 0.5) is 0 Å². The predicted molar refractivity (Wildman–Crippen MR) is 304 cm³/mol. The van der Waals surface area contributed by atoms with Crippen LogP contribution in [0, 0.1) is 0 Å². The molecule has 0 bridgehead atoms. The van der Waals surface area contributed by atoms with Gasteiger partial charge >= 0.3 is 0 Å². The smallest absolute Gasteiger partial charge is 0.247 e. The quantitative estimate of drug-likeness (QED) is 0.0642. The first-order chi connectivity index (χ1) is 38.8. The fourth-order valence-electron chi connectivity index (χ4n) is 11.8. The molecule has 0 spiro atoms. The summed E-state index contributed by atoms with van der Waals surface area (Å²) in [5.41, 5.74) is 3.63. The zero-order valence-electron chi connectivity index (χ0n) is 46.7. The Labute approximate surface area is 470 Å². The maximum atomic E-state index is 14.7. The van der Waals surface area contributed by atoms with E-state index in [1.165, 1.54) is 0 Å². The molecule has 4 aromatic carbocycles. The molecular weight excluding hydrogens is 1010 g/mol. The third kappa shape index (κ3) is 14.5. The van der Waals surface area contributed by atoms with Crippen LogP contribution in [0.1, 0.15) is 125 Å². The van der Waals surface area contributed by atoms with Gasteiger partial charge in [-0.2, -0.15) is 0 Å². The minimum atomic E-state index is -1.07. The summed E-state index contributed by atoms with van der Waals surface area (Å²) in [5.74, 6) is -2.40. The highest BCUT2D eigenvalue weighted by Crippen LogP contribution is 2.33. The van der Waals surface area contributed by atoms with Crippen molar-refractivity contribution in [1.82, 2.24) is 51.5 Å². The molecule has 4 saturated heterocycles. The Bertz CT molecular complexity index is 2490. The number of benzene rings is 4. The van der Waals surface area contributed by atoms with Crippen molar-refractivity contribution in [2.75, 3.05) is 40.3 Å². The molecule has 0 saturated carbocycles. The number of fused-ring (bicyclic) bond motifs is 2. The number of hydrogen-bond acceptors (Lipinski definition) is 10. The van der Waals surface area contributed by atoms with Crippen LogP contribution in [-0.4, -0.2) is 155 Å². The summed E-state index contributed by atoms with van der Waals surface area (Å²) in [6.45, 7) is 4.01. The van der Waals surface area contributed by atoms with Crippen LogP contribution in [-0.2, 0) is 38.4 Å². The number of hydrogen-bond donors (Lipinski definition) is 6. The molecule has 8 atom stereocenters. The van der Waals surface area contributed by atoms with E-state index in [0.717, 1.165) is 22.3 Å². The molecule has 0 aromatic heterocycles. The van der Waals surface area contributed by atoms with Gasteiger partial charge in [0, 0.05) is 51.1 Å². The number of carbonyl (C=O) groups excluding carboxylic acids is 8. The SMILES string of the molecule is CN[C@@H](C)C(=O)N[C@H]1CN(C(=O)CCCCCCC(=O)N2CC[C@H]3CC[C@@H](C(=O)NC(c4ccccc4)c4ccccc4)N3C(=O)[C@@H](NC(=O)[C@H](C)NC)C2)CC[C@H]2CCC(C(=O)NC(c3ccccc3)c3ccccc3)N2C1=O. The number of amides is 8. The minimum Gasteiger partial charge on any atom is -0.343 e. The molecule has 8 rings (SSSR count). The molecule has 4 aliphatic rings. The van der Waals surface area contributed by atoms with Crippen molar-refractivity contribution in [3.05, 3.63) is 144 Å². The summed E-state index contributed by atoms with van der Waals surface area (Å²) >= 11 is 0. The third-order valence-electron chi connectivity index (χ3n) is 16.6. The van der Waals surface area contributed by atoms with E-state index in [4.69, 9.17) is 0 Å². The molecule has 4 aromatic rings. The van der Waals surface area contributed by atoms with Gasteiger partial charge in [-0.05, 0) is 102 Å². The fraction of sp³-hybridized carbons (Fsp3) is 0.484. The summed E-state index contributed by atoms with van der Waals surface area (Å²) in [6.07, 6.45) is 5.85. The van der Waals surface area contributed by atoms with Crippen LogP contribution >= 0.6 is 0 Å². The standard InChI is InChI=1S/C62H80N10O8/c1-41(63-3)57(75)65-49-39-69(37-35-47-31-33-51(71(47)61(49)79)59(77)67-55(43-21-11-7-12-22-43)44-23-13-8-14-24-44)53(73)29-19-5-6-20-30-54(74)70-38-36-48-32-34-52(72(48)62(80)50(40-70)66-58(76)42(2)64-4)60(78)68-56(45-25-15-9-16-26-45)46-27-17-10-18-28-46/h7-18,21-28,41-42,47-52,55-56,63-64H,5-6,19-20,29-40H2,1-4H3,(H,65,75)(H,66,76)(H,67,77)(H,68,78)/t41-,42-,47+,48+,49-,50-,51-,52?/m0/s1. The van der Waals surface area contributed by atoms with Crippen LogP contribution < -0.4 is 31.9 Å². The molecule has 80 heavy (non-hydrogen) atoms. The Hall–Kier alpha value is -7.44. The zero-order chi connectivity index (χ0) is 56.7.